The molecule has 1 fully saturated rings. The van der Waals surface area contributed by atoms with E-state index in [0.717, 1.165) is 17.0 Å². The van der Waals surface area contributed by atoms with Crippen LogP contribution in [0.15, 0.2) is 24.3 Å². The molecule has 0 saturated carbocycles. The lowest BCUT2D eigenvalue weighted by Crippen LogP contribution is -2.35. The molecule has 1 saturated heterocycles. The quantitative estimate of drug-likeness (QED) is 0.808. The molecule has 1 aromatic carbocycles. The minimum Gasteiger partial charge on any atom is -0.313 e. The molecule has 0 amide bonds. The smallest absolute Gasteiger partial charge is 0.0686 e. The molecular weight excluding hydrogens is 222 g/mol. The second-order valence-corrected chi connectivity index (χ2v) is 6.12. The van der Waals surface area contributed by atoms with Gasteiger partial charge in [-0.1, -0.05) is 37.6 Å². The van der Waals surface area contributed by atoms with Crippen LogP contribution in [0, 0.1) is 5.41 Å². The van der Waals surface area contributed by atoms with Crippen LogP contribution in [0.1, 0.15) is 32.8 Å². The number of nitrogens with zero attached hydrogens (tertiary/aromatic N) is 1. The largest absolute Gasteiger partial charge is 0.313 e. The second kappa shape index (κ2) is 3.73. The summed E-state index contributed by atoms with van der Waals surface area (Å²) in [6, 6.07) is 7.75. The number of benzene rings is 1. The van der Waals surface area contributed by atoms with Gasteiger partial charge in [-0.3, -0.25) is 0 Å². The van der Waals surface area contributed by atoms with Crippen molar-refractivity contribution in [2.24, 2.45) is 5.41 Å². The highest BCUT2D eigenvalue weighted by Gasteiger charge is 2.46. The van der Waals surface area contributed by atoms with Gasteiger partial charge in [0, 0.05) is 11.6 Å². The van der Waals surface area contributed by atoms with E-state index in [-0.39, 0.29) is 11.0 Å². The summed E-state index contributed by atoms with van der Waals surface area (Å²) in [5.74, 6) is 0. The average molecular weight is 240 g/mol. The highest BCUT2D eigenvalue weighted by atomic mass is 35.5. The zero-order valence-electron chi connectivity index (χ0n) is 10.00. The Balaban J connectivity index is 2.40. The highest BCUT2D eigenvalue weighted by molar-refractivity contribution is 6.30. The van der Waals surface area contributed by atoms with E-state index in [1.807, 2.05) is 24.3 Å². The van der Waals surface area contributed by atoms with Gasteiger partial charge in [0.2, 0.25) is 0 Å². The molecule has 0 bridgehead atoms. The summed E-state index contributed by atoms with van der Waals surface area (Å²) < 4.78 is 0. The van der Waals surface area contributed by atoms with Crippen LogP contribution in [0.25, 0.3) is 0 Å². The second-order valence-electron chi connectivity index (χ2n) is 5.68. The summed E-state index contributed by atoms with van der Waals surface area (Å²) in [5.41, 5.74) is 0.883. The van der Waals surface area contributed by atoms with Gasteiger partial charge in [0.05, 0.1) is 5.54 Å². The van der Waals surface area contributed by atoms with Crippen molar-refractivity contribution < 1.29 is 5.21 Å². The Bertz CT molecular complexity index is 405. The van der Waals surface area contributed by atoms with Crippen molar-refractivity contribution >= 4 is 11.6 Å². The Morgan fingerprint density at radius 3 is 2.50 bits per heavy atom. The molecule has 1 unspecified atom stereocenters. The summed E-state index contributed by atoms with van der Waals surface area (Å²) in [5, 5.41) is 12.3. The molecule has 16 heavy (non-hydrogen) atoms. The van der Waals surface area contributed by atoms with Crippen LogP contribution in [0.3, 0.4) is 0 Å². The van der Waals surface area contributed by atoms with Crippen molar-refractivity contribution in [3.05, 3.63) is 34.9 Å². The molecule has 0 aromatic heterocycles. The molecule has 1 aromatic rings. The van der Waals surface area contributed by atoms with Gasteiger partial charge in [0.25, 0.3) is 0 Å². The predicted molar refractivity (Wildman–Crippen MR) is 65.7 cm³/mol. The van der Waals surface area contributed by atoms with Crippen LogP contribution in [0.4, 0.5) is 0 Å². The molecular formula is C13H18ClNO. The van der Waals surface area contributed by atoms with E-state index in [0.29, 0.717) is 6.54 Å². The van der Waals surface area contributed by atoms with Gasteiger partial charge >= 0.3 is 0 Å². The van der Waals surface area contributed by atoms with Crippen LogP contribution in [-0.2, 0) is 5.54 Å². The zero-order chi connectivity index (χ0) is 12.0. The number of hydrogen-bond acceptors (Lipinski definition) is 2. The van der Waals surface area contributed by atoms with Crippen molar-refractivity contribution in [2.45, 2.75) is 32.7 Å². The Morgan fingerprint density at radius 1 is 1.31 bits per heavy atom. The Hall–Kier alpha value is -0.570. The minimum atomic E-state index is -0.325. The molecule has 0 spiro atoms. The minimum absolute atomic E-state index is 0.131. The first-order valence-electron chi connectivity index (χ1n) is 5.56. The number of rotatable bonds is 1. The van der Waals surface area contributed by atoms with Crippen molar-refractivity contribution in [3.63, 3.8) is 0 Å². The molecule has 1 heterocycles. The molecule has 1 atom stereocenters. The SMILES string of the molecule is CC1(C)CN(O)C(C)(c2cccc(Cl)c2)C1. The molecule has 0 radical (unpaired) electrons. The van der Waals surface area contributed by atoms with E-state index >= 15 is 0 Å². The lowest BCUT2D eigenvalue weighted by molar-refractivity contribution is -0.148. The van der Waals surface area contributed by atoms with Gasteiger partial charge in [-0.25, -0.2) is 0 Å². The molecule has 2 rings (SSSR count). The summed E-state index contributed by atoms with van der Waals surface area (Å²) in [7, 11) is 0. The van der Waals surface area contributed by atoms with Crippen molar-refractivity contribution in [2.75, 3.05) is 6.54 Å². The van der Waals surface area contributed by atoms with Crippen LogP contribution >= 0.6 is 11.6 Å². The van der Waals surface area contributed by atoms with E-state index in [1.54, 1.807) is 0 Å². The fourth-order valence-electron chi connectivity index (χ4n) is 2.73. The van der Waals surface area contributed by atoms with Gasteiger partial charge in [-0.15, -0.1) is 0 Å². The van der Waals surface area contributed by atoms with E-state index in [1.165, 1.54) is 5.06 Å². The van der Waals surface area contributed by atoms with E-state index in [2.05, 4.69) is 20.8 Å². The molecule has 88 valence electrons. The lowest BCUT2D eigenvalue weighted by atomic mass is 9.81. The first kappa shape index (κ1) is 11.9. The first-order chi connectivity index (χ1) is 7.33. The predicted octanol–water partition coefficient (Wildman–Crippen LogP) is 3.68. The summed E-state index contributed by atoms with van der Waals surface area (Å²) in [6.45, 7) is 7.10. The van der Waals surface area contributed by atoms with Crippen LogP contribution < -0.4 is 0 Å². The summed E-state index contributed by atoms with van der Waals surface area (Å²) >= 11 is 6.00. The van der Waals surface area contributed by atoms with Crippen molar-refractivity contribution in [3.8, 4) is 0 Å². The molecule has 0 aliphatic carbocycles. The van der Waals surface area contributed by atoms with Crippen LogP contribution in [0.2, 0.25) is 5.02 Å². The maximum absolute atomic E-state index is 10.1. The Kier molecular flexibility index (Phi) is 2.77. The van der Waals surface area contributed by atoms with Crippen molar-refractivity contribution in [1.29, 1.82) is 0 Å². The third-order valence-corrected chi connectivity index (χ3v) is 3.65. The van der Waals surface area contributed by atoms with Gasteiger partial charge < -0.3 is 5.21 Å². The monoisotopic (exact) mass is 239 g/mol. The summed E-state index contributed by atoms with van der Waals surface area (Å²) in [4.78, 5) is 0. The van der Waals surface area contributed by atoms with Crippen LogP contribution in [-0.4, -0.2) is 16.8 Å². The Labute approximate surface area is 102 Å². The molecule has 2 nitrogen and oxygen atoms in total. The molecule has 1 aliphatic rings. The average Bonchev–Trinajstić information content (AvgIpc) is 2.36. The number of hydroxylamine groups is 2. The summed E-state index contributed by atoms with van der Waals surface area (Å²) in [6.07, 6.45) is 0.927. The van der Waals surface area contributed by atoms with Gasteiger partial charge in [0.1, 0.15) is 0 Å². The fraction of sp³-hybridized carbons (Fsp3) is 0.538. The van der Waals surface area contributed by atoms with E-state index in [4.69, 9.17) is 11.6 Å². The van der Waals surface area contributed by atoms with Gasteiger partial charge in [0.15, 0.2) is 0 Å². The lowest BCUT2D eigenvalue weighted by Gasteiger charge is -2.31. The standard InChI is InChI=1S/C13H18ClNO/c1-12(2)8-13(3,15(16)9-12)10-5-4-6-11(14)7-10/h4-7,16H,8-9H2,1-3H3. The maximum Gasteiger partial charge on any atom is 0.0686 e. The van der Waals surface area contributed by atoms with Crippen LogP contribution in [0.5, 0.6) is 0 Å². The van der Waals surface area contributed by atoms with E-state index in [9.17, 15) is 5.21 Å². The normalized spacial score (nSPS) is 29.6. The topological polar surface area (TPSA) is 23.5 Å². The molecule has 1 aliphatic heterocycles. The molecule has 3 heteroatoms. The third kappa shape index (κ3) is 1.97. The zero-order valence-corrected chi connectivity index (χ0v) is 10.8. The number of halogens is 1. The first-order valence-corrected chi connectivity index (χ1v) is 5.94. The highest BCUT2D eigenvalue weighted by Crippen LogP contribution is 2.46. The number of hydrogen-bond donors (Lipinski definition) is 1. The third-order valence-electron chi connectivity index (χ3n) is 3.42. The van der Waals surface area contributed by atoms with Gasteiger partial charge in [-0.2, -0.15) is 5.06 Å². The van der Waals surface area contributed by atoms with E-state index < -0.39 is 0 Å². The van der Waals surface area contributed by atoms with Gasteiger partial charge in [-0.05, 0) is 36.5 Å². The Morgan fingerprint density at radius 2 is 2.00 bits per heavy atom. The van der Waals surface area contributed by atoms with Crippen molar-refractivity contribution in [1.82, 2.24) is 5.06 Å². The maximum atomic E-state index is 10.1. The molecule has 1 N–H and O–H groups in total. The fourth-order valence-corrected chi connectivity index (χ4v) is 2.92.